The van der Waals surface area contributed by atoms with Gasteiger partial charge in [-0.1, -0.05) is 16.8 Å². The number of aromatic nitrogens is 2. The van der Waals surface area contributed by atoms with Crippen molar-refractivity contribution < 1.29 is 9.26 Å². The van der Waals surface area contributed by atoms with Crippen molar-refractivity contribution in [1.29, 1.82) is 0 Å². The van der Waals surface area contributed by atoms with Crippen molar-refractivity contribution in [2.45, 2.75) is 13.1 Å². The van der Waals surface area contributed by atoms with Crippen LogP contribution in [0.5, 0.6) is 5.75 Å². The van der Waals surface area contributed by atoms with E-state index in [2.05, 4.69) is 10.1 Å². The molecule has 2 aromatic rings. The molecule has 1 aromatic heterocycles. The molecule has 0 aliphatic heterocycles. The first kappa shape index (κ1) is 17.7. The molecular formula is C13H18Cl2N4O2. The molecule has 1 aromatic carbocycles. The van der Waals surface area contributed by atoms with Crippen molar-refractivity contribution in [1.82, 2.24) is 15.0 Å². The smallest absolute Gasteiger partial charge is 0.240 e. The van der Waals surface area contributed by atoms with Gasteiger partial charge in [-0.05, 0) is 31.3 Å². The minimum atomic E-state index is 0. The number of nitrogens with two attached hydrogens (primary N) is 1. The Morgan fingerprint density at radius 2 is 2.05 bits per heavy atom. The summed E-state index contributed by atoms with van der Waals surface area (Å²) in [5.74, 6) is 1.87. The van der Waals surface area contributed by atoms with Crippen LogP contribution in [0.3, 0.4) is 0 Å². The Labute approximate surface area is 134 Å². The van der Waals surface area contributed by atoms with Crippen LogP contribution >= 0.6 is 24.0 Å². The summed E-state index contributed by atoms with van der Waals surface area (Å²) in [6.45, 7) is 2.17. The number of nitrogens with zero attached hydrogens (tertiary/aromatic N) is 3. The van der Waals surface area contributed by atoms with Gasteiger partial charge in [0.05, 0.1) is 13.1 Å². The Balaban J connectivity index is 0.00000220. The highest BCUT2D eigenvalue weighted by Gasteiger charge is 2.07. The Morgan fingerprint density at radius 3 is 2.67 bits per heavy atom. The lowest BCUT2D eigenvalue weighted by Gasteiger charge is -2.14. The molecule has 116 valence electrons. The maximum Gasteiger partial charge on any atom is 0.240 e. The summed E-state index contributed by atoms with van der Waals surface area (Å²) in [4.78, 5) is 6.19. The molecule has 0 unspecified atom stereocenters. The van der Waals surface area contributed by atoms with Crippen LogP contribution in [-0.4, -0.2) is 35.2 Å². The van der Waals surface area contributed by atoms with Crippen molar-refractivity contribution in [2.24, 2.45) is 5.73 Å². The third-order valence-corrected chi connectivity index (χ3v) is 2.90. The van der Waals surface area contributed by atoms with Gasteiger partial charge >= 0.3 is 0 Å². The van der Waals surface area contributed by atoms with Crippen molar-refractivity contribution in [2.75, 3.05) is 20.2 Å². The van der Waals surface area contributed by atoms with E-state index in [4.69, 9.17) is 26.6 Å². The third kappa shape index (κ3) is 5.89. The molecule has 0 saturated heterocycles. The molecule has 0 spiro atoms. The van der Waals surface area contributed by atoms with E-state index in [0.29, 0.717) is 29.9 Å². The first-order valence-corrected chi connectivity index (χ1v) is 6.63. The normalized spacial score (nSPS) is 10.5. The SMILES string of the molecule is CN(CCOc1ccc(Cl)cc1)Cc1noc(CN)n1.Cl. The maximum absolute atomic E-state index is 5.80. The minimum Gasteiger partial charge on any atom is -0.492 e. The van der Waals surface area contributed by atoms with E-state index < -0.39 is 0 Å². The van der Waals surface area contributed by atoms with Gasteiger partial charge in [0.1, 0.15) is 12.4 Å². The lowest BCUT2D eigenvalue weighted by molar-refractivity contribution is 0.227. The number of hydrogen-bond acceptors (Lipinski definition) is 6. The molecule has 0 saturated carbocycles. The minimum absolute atomic E-state index is 0. The predicted octanol–water partition coefficient (Wildman–Crippen LogP) is 2.11. The standard InChI is InChI=1S/C13H17ClN4O2.ClH/c1-18(9-12-16-13(8-15)20-17-12)6-7-19-11-4-2-10(14)3-5-11;/h2-5H,6-9,15H2,1H3;1H. The Kier molecular flexibility index (Phi) is 7.45. The van der Waals surface area contributed by atoms with Gasteiger partial charge in [0, 0.05) is 11.6 Å². The van der Waals surface area contributed by atoms with Gasteiger partial charge in [-0.2, -0.15) is 4.98 Å². The monoisotopic (exact) mass is 332 g/mol. The molecule has 2 N–H and O–H groups in total. The van der Waals surface area contributed by atoms with Crippen molar-refractivity contribution in [3.8, 4) is 5.75 Å². The van der Waals surface area contributed by atoms with E-state index in [0.717, 1.165) is 12.3 Å². The largest absolute Gasteiger partial charge is 0.492 e. The fraction of sp³-hybridized carbons (Fsp3) is 0.385. The van der Waals surface area contributed by atoms with Crippen LogP contribution in [0.25, 0.3) is 0 Å². The summed E-state index contributed by atoms with van der Waals surface area (Å²) >= 11 is 5.80. The lowest BCUT2D eigenvalue weighted by Crippen LogP contribution is -2.24. The number of likely N-dealkylation sites (N-methyl/N-ethyl adjacent to an activating group) is 1. The van der Waals surface area contributed by atoms with Gasteiger partial charge in [0.15, 0.2) is 5.82 Å². The predicted molar refractivity (Wildman–Crippen MR) is 82.7 cm³/mol. The number of halogens is 2. The molecule has 0 aliphatic rings. The fourth-order valence-electron chi connectivity index (χ4n) is 1.61. The molecule has 21 heavy (non-hydrogen) atoms. The summed E-state index contributed by atoms with van der Waals surface area (Å²) in [6.07, 6.45) is 0. The maximum atomic E-state index is 5.80. The number of hydrogen-bond donors (Lipinski definition) is 1. The second kappa shape index (κ2) is 8.84. The number of rotatable bonds is 7. The van der Waals surface area contributed by atoms with Crippen LogP contribution in [-0.2, 0) is 13.1 Å². The second-order valence-electron chi connectivity index (χ2n) is 4.35. The fourth-order valence-corrected chi connectivity index (χ4v) is 1.73. The average molecular weight is 333 g/mol. The summed E-state index contributed by atoms with van der Waals surface area (Å²) in [5, 5.41) is 4.54. The average Bonchev–Trinajstić information content (AvgIpc) is 2.88. The first-order valence-electron chi connectivity index (χ1n) is 6.26. The van der Waals surface area contributed by atoms with E-state index in [1.165, 1.54) is 0 Å². The van der Waals surface area contributed by atoms with Crippen molar-refractivity contribution in [3.05, 3.63) is 41.0 Å². The molecule has 0 amide bonds. The molecule has 2 rings (SSSR count). The van der Waals surface area contributed by atoms with Gasteiger partial charge in [-0.15, -0.1) is 12.4 Å². The zero-order valence-electron chi connectivity index (χ0n) is 11.7. The Hall–Kier alpha value is -1.34. The first-order chi connectivity index (χ1) is 9.67. The Bertz CT molecular complexity index is 533. The second-order valence-corrected chi connectivity index (χ2v) is 4.79. The number of ether oxygens (including phenoxy) is 1. The molecular weight excluding hydrogens is 315 g/mol. The molecule has 1 heterocycles. The van der Waals surface area contributed by atoms with Gasteiger partial charge in [0.2, 0.25) is 5.89 Å². The molecule has 6 nitrogen and oxygen atoms in total. The summed E-state index contributed by atoms with van der Waals surface area (Å²) in [6, 6.07) is 7.28. The van der Waals surface area contributed by atoms with Crippen LogP contribution in [0.1, 0.15) is 11.7 Å². The topological polar surface area (TPSA) is 77.4 Å². The van der Waals surface area contributed by atoms with Gasteiger partial charge in [-0.3, -0.25) is 4.90 Å². The van der Waals surface area contributed by atoms with E-state index >= 15 is 0 Å². The zero-order chi connectivity index (χ0) is 14.4. The van der Waals surface area contributed by atoms with Crippen LogP contribution in [0.15, 0.2) is 28.8 Å². The molecule has 8 heteroatoms. The zero-order valence-corrected chi connectivity index (χ0v) is 13.2. The van der Waals surface area contributed by atoms with Gasteiger partial charge in [0.25, 0.3) is 0 Å². The highest BCUT2D eigenvalue weighted by Crippen LogP contribution is 2.15. The Morgan fingerprint density at radius 1 is 1.33 bits per heavy atom. The molecule has 0 aliphatic carbocycles. The van der Waals surface area contributed by atoms with E-state index in [9.17, 15) is 0 Å². The van der Waals surface area contributed by atoms with Crippen LogP contribution < -0.4 is 10.5 Å². The number of benzene rings is 1. The highest BCUT2D eigenvalue weighted by atomic mass is 35.5. The molecule has 0 fully saturated rings. The quantitative estimate of drug-likeness (QED) is 0.836. The van der Waals surface area contributed by atoms with Crippen LogP contribution in [0.4, 0.5) is 0 Å². The van der Waals surface area contributed by atoms with E-state index in [-0.39, 0.29) is 19.0 Å². The van der Waals surface area contributed by atoms with Gasteiger partial charge < -0.3 is 15.0 Å². The molecule has 0 radical (unpaired) electrons. The van der Waals surface area contributed by atoms with Crippen LogP contribution in [0, 0.1) is 0 Å². The lowest BCUT2D eigenvalue weighted by atomic mass is 10.3. The summed E-state index contributed by atoms with van der Waals surface area (Å²) in [5.41, 5.74) is 5.41. The van der Waals surface area contributed by atoms with E-state index in [1.807, 2.05) is 24.1 Å². The van der Waals surface area contributed by atoms with Crippen molar-refractivity contribution in [3.63, 3.8) is 0 Å². The third-order valence-electron chi connectivity index (χ3n) is 2.65. The highest BCUT2D eigenvalue weighted by molar-refractivity contribution is 6.30. The summed E-state index contributed by atoms with van der Waals surface area (Å²) in [7, 11) is 1.96. The molecule has 0 atom stereocenters. The van der Waals surface area contributed by atoms with E-state index in [1.54, 1.807) is 12.1 Å². The van der Waals surface area contributed by atoms with Gasteiger partial charge in [-0.25, -0.2) is 0 Å². The van der Waals surface area contributed by atoms with Crippen LogP contribution in [0.2, 0.25) is 5.02 Å². The van der Waals surface area contributed by atoms with Crippen molar-refractivity contribution >= 4 is 24.0 Å². The summed E-state index contributed by atoms with van der Waals surface area (Å²) < 4.78 is 10.6. The molecule has 0 bridgehead atoms.